The minimum atomic E-state index is -0.204. The average molecular weight is 248 g/mol. The fraction of sp³-hybridized carbons (Fsp3) is 0.429. The molecule has 0 bridgehead atoms. The van der Waals surface area contributed by atoms with E-state index in [1.807, 2.05) is 31.2 Å². The summed E-state index contributed by atoms with van der Waals surface area (Å²) in [6.45, 7) is 5.62. The summed E-state index contributed by atoms with van der Waals surface area (Å²) in [7, 11) is 0. The number of hydrogen-bond donors (Lipinski definition) is 2. The maximum atomic E-state index is 11.7. The first-order chi connectivity index (χ1) is 8.54. The highest BCUT2D eigenvalue weighted by molar-refractivity contribution is 5.95. The highest BCUT2D eigenvalue weighted by Gasteiger charge is 2.09. The number of nitrogens with one attached hydrogen (secondary N) is 2. The molecular weight excluding hydrogens is 228 g/mol. The molecule has 0 aromatic heterocycles. The predicted molar refractivity (Wildman–Crippen MR) is 72.3 cm³/mol. The minimum Gasteiger partial charge on any atom is -0.347 e. The van der Waals surface area contributed by atoms with Crippen LogP contribution in [0.5, 0.6) is 0 Å². The number of rotatable bonds is 5. The third-order valence-electron chi connectivity index (χ3n) is 2.62. The van der Waals surface area contributed by atoms with Crippen LogP contribution >= 0.6 is 0 Å². The summed E-state index contributed by atoms with van der Waals surface area (Å²) in [5.41, 5.74) is 1.89. The molecule has 1 aromatic rings. The molecular formula is C14H20N2O2. The largest absolute Gasteiger partial charge is 0.347 e. The number of aryl methyl sites for hydroxylation is 1. The summed E-state index contributed by atoms with van der Waals surface area (Å²) >= 11 is 0. The Balaban J connectivity index is 2.52. The van der Waals surface area contributed by atoms with Crippen LogP contribution < -0.4 is 10.6 Å². The minimum absolute atomic E-state index is 0.00899. The SMILES string of the molecule is CCc1ccccc1NC(=O)CNC(=O)C(C)C. The normalized spacial score (nSPS) is 10.2. The van der Waals surface area contributed by atoms with Gasteiger partial charge >= 0.3 is 0 Å². The van der Waals surface area contributed by atoms with Crippen molar-refractivity contribution in [2.24, 2.45) is 5.92 Å². The Morgan fingerprint density at radius 3 is 2.50 bits per heavy atom. The number of amides is 2. The fourth-order valence-electron chi connectivity index (χ4n) is 1.52. The molecule has 98 valence electrons. The average Bonchev–Trinajstić information content (AvgIpc) is 2.36. The maximum absolute atomic E-state index is 11.7. The Morgan fingerprint density at radius 1 is 1.22 bits per heavy atom. The van der Waals surface area contributed by atoms with Crippen LogP contribution in [0.25, 0.3) is 0 Å². The molecule has 0 atom stereocenters. The van der Waals surface area contributed by atoms with E-state index in [1.165, 1.54) is 0 Å². The summed E-state index contributed by atoms with van der Waals surface area (Å²) in [5, 5.41) is 5.39. The smallest absolute Gasteiger partial charge is 0.243 e. The van der Waals surface area contributed by atoms with Crippen molar-refractivity contribution in [3.63, 3.8) is 0 Å². The molecule has 18 heavy (non-hydrogen) atoms. The molecule has 4 nitrogen and oxygen atoms in total. The molecule has 0 saturated heterocycles. The third kappa shape index (κ3) is 4.20. The summed E-state index contributed by atoms with van der Waals surface area (Å²) in [6, 6.07) is 7.65. The molecule has 4 heteroatoms. The van der Waals surface area contributed by atoms with Crippen molar-refractivity contribution < 1.29 is 9.59 Å². The Bertz CT molecular complexity index is 428. The zero-order valence-electron chi connectivity index (χ0n) is 11.1. The van der Waals surface area contributed by atoms with Crippen LogP contribution in [-0.4, -0.2) is 18.4 Å². The predicted octanol–water partition coefficient (Wildman–Crippen LogP) is 1.96. The number of benzene rings is 1. The lowest BCUT2D eigenvalue weighted by molar-refractivity contribution is -0.126. The van der Waals surface area contributed by atoms with Crippen molar-refractivity contribution in [2.45, 2.75) is 27.2 Å². The molecule has 1 rings (SSSR count). The number of carbonyl (C=O) groups excluding carboxylic acids is 2. The molecule has 0 heterocycles. The van der Waals surface area contributed by atoms with E-state index in [0.29, 0.717) is 0 Å². The molecule has 0 saturated carbocycles. The van der Waals surface area contributed by atoms with E-state index in [-0.39, 0.29) is 24.3 Å². The van der Waals surface area contributed by atoms with E-state index in [4.69, 9.17) is 0 Å². The molecule has 0 aliphatic rings. The molecule has 2 N–H and O–H groups in total. The van der Waals surface area contributed by atoms with E-state index in [2.05, 4.69) is 10.6 Å². The first kappa shape index (κ1) is 14.2. The Morgan fingerprint density at radius 2 is 1.89 bits per heavy atom. The van der Waals surface area contributed by atoms with Crippen LogP contribution in [-0.2, 0) is 16.0 Å². The number of anilines is 1. The van der Waals surface area contributed by atoms with E-state index < -0.39 is 0 Å². The van der Waals surface area contributed by atoms with Gasteiger partial charge in [-0.3, -0.25) is 9.59 Å². The standard InChI is InChI=1S/C14H20N2O2/c1-4-11-7-5-6-8-12(11)16-13(17)9-15-14(18)10(2)3/h5-8,10H,4,9H2,1-3H3,(H,15,18)(H,16,17). The van der Waals surface area contributed by atoms with Gasteiger partial charge in [0.15, 0.2) is 0 Å². The van der Waals surface area contributed by atoms with Crippen molar-refractivity contribution in [3.8, 4) is 0 Å². The van der Waals surface area contributed by atoms with Gasteiger partial charge in [-0.15, -0.1) is 0 Å². The third-order valence-corrected chi connectivity index (χ3v) is 2.62. The van der Waals surface area contributed by atoms with Gasteiger partial charge in [0, 0.05) is 11.6 Å². The Hall–Kier alpha value is -1.84. The first-order valence-electron chi connectivity index (χ1n) is 6.20. The number of carbonyl (C=O) groups is 2. The van der Waals surface area contributed by atoms with Crippen LogP contribution in [0.4, 0.5) is 5.69 Å². The van der Waals surface area contributed by atoms with Crippen molar-refractivity contribution >= 4 is 17.5 Å². The Labute approximate surface area is 108 Å². The van der Waals surface area contributed by atoms with Gasteiger partial charge in [-0.1, -0.05) is 39.0 Å². The van der Waals surface area contributed by atoms with Gasteiger partial charge in [-0.25, -0.2) is 0 Å². The molecule has 1 aromatic carbocycles. The van der Waals surface area contributed by atoms with Crippen LogP contribution in [0.1, 0.15) is 26.3 Å². The summed E-state index contributed by atoms with van der Waals surface area (Å²) < 4.78 is 0. The van der Waals surface area contributed by atoms with Gasteiger partial charge in [-0.2, -0.15) is 0 Å². The second-order valence-corrected chi connectivity index (χ2v) is 4.43. The molecule has 0 spiro atoms. The topological polar surface area (TPSA) is 58.2 Å². The van der Waals surface area contributed by atoms with Crippen LogP contribution in [0.15, 0.2) is 24.3 Å². The molecule has 2 amide bonds. The van der Waals surface area contributed by atoms with Crippen LogP contribution in [0, 0.1) is 5.92 Å². The monoisotopic (exact) mass is 248 g/mol. The van der Waals surface area contributed by atoms with Crippen molar-refractivity contribution in [1.29, 1.82) is 0 Å². The lowest BCUT2D eigenvalue weighted by Crippen LogP contribution is -2.35. The molecule has 0 radical (unpaired) electrons. The second-order valence-electron chi connectivity index (χ2n) is 4.43. The Kier molecular flexibility index (Phi) is 5.36. The van der Waals surface area contributed by atoms with Gasteiger partial charge in [-0.05, 0) is 18.1 Å². The van der Waals surface area contributed by atoms with Gasteiger partial charge in [0.1, 0.15) is 0 Å². The zero-order valence-corrected chi connectivity index (χ0v) is 11.1. The van der Waals surface area contributed by atoms with Gasteiger partial charge in [0.05, 0.1) is 6.54 Å². The van der Waals surface area contributed by atoms with E-state index in [0.717, 1.165) is 17.7 Å². The van der Waals surface area contributed by atoms with Crippen molar-refractivity contribution in [1.82, 2.24) is 5.32 Å². The fourth-order valence-corrected chi connectivity index (χ4v) is 1.52. The zero-order chi connectivity index (χ0) is 13.5. The number of para-hydroxylation sites is 1. The van der Waals surface area contributed by atoms with Gasteiger partial charge < -0.3 is 10.6 Å². The van der Waals surface area contributed by atoms with E-state index in [1.54, 1.807) is 13.8 Å². The second kappa shape index (κ2) is 6.79. The van der Waals surface area contributed by atoms with Crippen LogP contribution in [0.2, 0.25) is 0 Å². The summed E-state index contributed by atoms with van der Waals surface area (Å²) in [5.74, 6) is -0.431. The van der Waals surface area contributed by atoms with Gasteiger partial charge in [0.2, 0.25) is 11.8 Å². The summed E-state index contributed by atoms with van der Waals surface area (Å²) in [6.07, 6.45) is 0.856. The molecule has 0 aliphatic carbocycles. The summed E-state index contributed by atoms with van der Waals surface area (Å²) in [4.78, 5) is 23.0. The molecule has 0 unspecified atom stereocenters. The van der Waals surface area contributed by atoms with Crippen LogP contribution in [0.3, 0.4) is 0 Å². The maximum Gasteiger partial charge on any atom is 0.243 e. The highest BCUT2D eigenvalue weighted by Crippen LogP contribution is 2.14. The quantitative estimate of drug-likeness (QED) is 0.837. The number of hydrogen-bond acceptors (Lipinski definition) is 2. The molecule has 0 fully saturated rings. The van der Waals surface area contributed by atoms with E-state index >= 15 is 0 Å². The molecule has 0 aliphatic heterocycles. The first-order valence-corrected chi connectivity index (χ1v) is 6.20. The highest BCUT2D eigenvalue weighted by atomic mass is 16.2. The van der Waals surface area contributed by atoms with Crippen molar-refractivity contribution in [3.05, 3.63) is 29.8 Å². The lowest BCUT2D eigenvalue weighted by atomic mass is 10.1. The van der Waals surface area contributed by atoms with E-state index in [9.17, 15) is 9.59 Å². The van der Waals surface area contributed by atoms with Crippen molar-refractivity contribution in [2.75, 3.05) is 11.9 Å². The van der Waals surface area contributed by atoms with Gasteiger partial charge in [0.25, 0.3) is 0 Å². The lowest BCUT2D eigenvalue weighted by Gasteiger charge is -2.11.